The van der Waals surface area contributed by atoms with Crippen LogP contribution in [-0.4, -0.2) is 24.5 Å². The number of aryl methyl sites for hydroxylation is 2. The molecule has 1 aliphatic heterocycles. The van der Waals surface area contributed by atoms with E-state index in [4.69, 9.17) is 5.73 Å². The Labute approximate surface area is 172 Å². The highest BCUT2D eigenvalue weighted by Gasteiger charge is 2.12. The molecule has 28 heavy (non-hydrogen) atoms. The lowest BCUT2D eigenvalue weighted by Crippen LogP contribution is -2.30. The van der Waals surface area contributed by atoms with Crippen LogP contribution in [0.25, 0.3) is 0 Å². The molecule has 1 heterocycles. The van der Waals surface area contributed by atoms with Crippen LogP contribution in [0.4, 0.5) is 5.69 Å². The van der Waals surface area contributed by atoms with Gasteiger partial charge in [0.15, 0.2) is 0 Å². The number of piperidine rings is 1. The summed E-state index contributed by atoms with van der Waals surface area (Å²) in [4.78, 5) is 2.64. The normalized spacial score (nSPS) is 16.2. The van der Waals surface area contributed by atoms with Crippen LogP contribution in [0.1, 0.15) is 74.1 Å². The third kappa shape index (κ3) is 6.10. The van der Waals surface area contributed by atoms with E-state index in [9.17, 15) is 0 Å². The van der Waals surface area contributed by atoms with Crippen molar-refractivity contribution in [2.45, 2.75) is 71.1 Å². The van der Waals surface area contributed by atoms with Crippen molar-refractivity contribution in [3.63, 3.8) is 0 Å². The minimum atomic E-state index is 0.520. The van der Waals surface area contributed by atoms with Gasteiger partial charge >= 0.3 is 0 Å². The lowest BCUT2D eigenvalue weighted by molar-refractivity contribution is 0.226. The SMILES string of the molecule is CCCc1cc(N)ccc1C(C)Cc1ccc(CCCN2CCCCC2)cc1. The van der Waals surface area contributed by atoms with Crippen molar-refractivity contribution in [3.8, 4) is 0 Å². The molecule has 152 valence electrons. The molecule has 2 nitrogen and oxygen atoms in total. The van der Waals surface area contributed by atoms with Gasteiger partial charge in [-0.1, -0.05) is 57.0 Å². The summed E-state index contributed by atoms with van der Waals surface area (Å²) in [6.07, 6.45) is 10.0. The lowest BCUT2D eigenvalue weighted by atomic mass is 9.88. The summed E-state index contributed by atoms with van der Waals surface area (Å²) in [5.74, 6) is 0.520. The fourth-order valence-corrected chi connectivity index (χ4v) is 4.59. The maximum atomic E-state index is 6.01. The van der Waals surface area contributed by atoms with E-state index in [-0.39, 0.29) is 0 Å². The summed E-state index contributed by atoms with van der Waals surface area (Å²) in [6.45, 7) is 8.46. The molecule has 0 spiro atoms. The molecule has 3 rings (SSSR count). The molecule has 1 aliphatic rings. The minimum absolute atomic E-state index is 0.520. The van der Waals surface area contributed by atoms with Crippen molar-refractivity contribution in [2.24, 2.45) is 0 Å². The molecule has 1 fully saturated rings. The predicted octanol–water partition coefficient (Wildman–Crippen LogP) is 5.99. The molecular formula is C26H38N2. The highest BCUT2D eigenvalue weighted by molar-refractivity contribution is 5.46. The van der Waals surface area contributed by atoms with Gasteiger partial charge in [0.2, 0.25) is 0 Å². The van der Waals surface area contributed by atoms with E-state index in [0.717, 1.165) is 24.9 Å². The zero-order valence-corrected chi connectivity index (χ0v) is 17.9. The van der Waals surface area contributed by atoms with Crippen LogP contribution in [0, 0.1) is 0 Å². The number of nitrogens with zero attached hydrogens (tertiary/aromatic N) is 1. The third-order valence-electron chi connectivity index (χ3n) is 6.17. The van der Waals surface area contributed by atoms with Crippen LogP contribution in [-0.2, 0) is 19.3 Å². The predicted molar refractivity (Wildman–Crippen MR) is 122 cm³/mol. The van der Waals surface area contributed by atoms with E-state index >= 15 is 0 Å². The number of nitrogens with two attached hydrogens (primary N) is 1. The average molecular weight is 379 g/mol. The molecule has 0 bridgehead atoms. The summed E-state index contributed by atoms with van der Waals surface area (Å²) in [7, 11) is 0. The molecule has 1 atom stereocenters. The second-order valence-corrected chi connectivity index (χ2v) is 8.64. The van der Waals surface area contributed by atoms with Gasteiger partial charge in [0.05, 0.1) is 0 Å². The van der Waals surface area contributed by atoms with Crippen LogP contribution in [0.3, 0.4) is 0 Å². The van der Waals surface area contributed by atoms with Crippen LogP contribution < -0.4 is 5.73 Å². The van der Waals surface area contributed by atoms with Gasteiger partial charge in [0.25, 0.3) is 0 Å². The zero-order valence-electron chi connectivity index (χ0n) is 17.9. The summed E-state index contributed by atoms with van der Waals surface area (Å²) >= 11 is 0. The van der Waals surface area contributed by atoms with Gasteiger partial charge in [-0.05, 0) is 98.5 Å². The van der Waals surface area contributed by atoms with Crippen LogP contribution >= 0.6 is 0 Å². The zero-order chi connectivity index (χ0) is 19.8. The summed E-state index contributed by atoms with van der Waals surface area (Å²) in [5, 5.41) is 0. The summed E-state index contributed by atoms with van der Waals surface area (Å²) in [5.41, 5.74) is 12.7. The van der Waals surface area contributed by atoms with Gasteiger partial charge < -0.3 is 10.6 Å². The number of benzene rings is 2. The second kappa shape index (κ2) is 10.7. The van der Waals surface area contributed by atoms with Crippen LogP contribution in [0.5, 0.6) is 0 Å². The fraction of sp³-hybridized carbons (Fsp3) is 0.538. The maximum absolute atomic E-state index is 6.01. The molecule has 2 aromatic rings. The molecule has 2 aromatic carbocycles. The molecular weight excluding hydrogens is 340 g/mol. The maximum Gasteiger partial charge on any atom is 0.0316 e. The second-order valence-electron chi connectivity index (χ2n) is 8.64. The Hall–Kier alpha value is -1.80. The highest BCUT2D eigenvalue weighted by Crippen LogP contribution is 2.27. The number of rotatable bonds is 9. The summed E-state index contributed by atoms with van der Waals surface area (Å²) < 4.78 is 0. The molecule has 0 aliphatic carbocycles. The Morgan fingerprint density at radius 2 is 1.64 bits per heavy atom. The van der Waals surface area contributed by atoms with Crippen molar-refractivity contribution < 1.29 is 0 Å². The molecule has 1 unspecified atom stereocenters. The molecule has 0 saturated carbocycles. The van der Waals surface area contributed by atoms with E-state index in [0.29, 0.717) is 5.92 Å². The molecule has 2 N–H and O–H groups in total. The van der Waals surface area contributed by atoms with Crippen LogP contribution in [0.15, 0.2) is 42.5 Å². The van der Waals surface area contributed by atoms with Crippen LogP contribution in [0.2, 0.25) is 0 Å². The van der Waals surface area contributed by atoms with E-state index in [1.165, 1.54) is 74.0 Å². The standard InChI is InChI=1S/C26H38N2/c1-3-8-24-20-25(27)14-15-26(24)21(2)19-23-12-10-22(11-13-23)9-7-18-28-16-5-4-6-17-28/h10-15,20-21H,3-9,16-19,27H2,1-2H3. The number of nitrogen functional groups attached to an aromatic ring is 1. The van der Waals surface area contributed by atoms with Gasteiger partial charge in [-0.15, -0.1) is 0 Å². The molecule has 2 heteroatoms. The van der Waals surface area contributed by atoms with E-state index < -0.39 is 0 Å². The largest absolute Gasteiger partial charge is 0.399 e. The van der Waals surface area contributed by atoms with Gasteiger partial charge in [-0.2, -0.15) is 0 Å². The first-order valence-electron chi connectivity index (χ1n) is 11.3. The Morgan fingerprint density at radius 1 is 0.929 bits per heavy atom. The first kappa shape index (κ1) is 20.9. The summed E-state index contributed by atoms with van der Waals surface area (Å²) in [6, 6.07) is 15.8. The van der Waals surface area contributed by atoms with E-state index in [2.05, 4.69) is 61.2 Å². The Kier molecular flexibility index (Phi) is 7.97. The monoisotopic (exact) mass is 378 g/mol. The van der Waals surface area contributed by atoms with Crippen molar-refractivity contribution in [2.75, 3.05) is 25.4 Å². The van der Waals surface area contributed by atoms with Gasteiger partial charge in [-0.3, -0.25) is 0 Å². The van der Waals surface area contributed by atoms with Crippen molar-refractivity contribution in [1.82, 2.24) is 4.90 Å². The van der Waals surface area contributed by atoms with E-state index in [1.54, 1.807) is 0 Å². The van der Waals surface area contributed by atoms with Gasteiger partial charge in [0, 0.05) is 5.69 Å². The fourth-order valence-electron chi connectivity index (χ4n) is 4.59. The first-order valence-corrected chi connectivity index (χ1v) is 11.3. The molecule has 0 radical (unpaired) electrons. The van der Waals surface area contributed by atoms with Gasteiger partial charge in [0.1, 0.15) is 0 Å². The van der Waals surface area contributed by atoms with E-state index in [1.807, 2.05) is 0 Å². The van der Waals surface area contributed by atoms with Gasteiger partial charge in [-0.25, -0.2) is 0 Å². The molecule has 0 amide bonds. The third-order valence-corrected chi connectivity index (χ3v) is 6.17. The van der Waals surface area contributed by atoms with Crippen molar-refractivity contribution in [1.29, 1.82) is 0 Å². The number of anilines is 1. The lowest BCUT2D eigenvalue weighted by Gasteiger charge is -2.26. The Morgan fingerprint density at radius 3 is 2.36 bits per heavy atom. The molecule has 1 saturated heterocycles. The minimum Gasteiger partial charge on any atom is -0.399 e. The Balaban J connectivity index is 1.52. The number of hydrogen-bond acceptors (Lipinski definition) is 2. The smallest absolute Gasteiger partial charge is 0.0316 e. The van der Waals surface area contributed by atoms with Crippen molar-refractivity contribution >= 4 is 5.69 Å². The average Bonchev–Trinajstić information content (AvgIpc) is 2.70. The molecule has 0 aromatic heterocycles. The number of likely N-dealkylation sites (tertiary alicyclic amines) is 1. The topological polar surface area (TPSA) is 29.3 Å². The Bertz CT molecular complexity index is 714. The number of hydrogen-bond donors (Lipinski definition) is 1. The first-order chi connectivity index (χ1) is 13.7. The quantitative estimate of drug-likeness (QED) is 0.543. The van der Waals surface area contributed by atoms with Crippen molar-refractivity contribution in [3.05, 3.63) is 64.7 Å². The highest BCUT2D eigenvalue weighted by atomic mass is 15.1.